The zero-order valence-electron chi connectivity index (χ0n) is 18.9. The van der Waals surface area contributed by atoms with E-state index in [1.165, 1.54) is 24.8 Å². The summed E-state index contributed by atoms with van der Waals surface area (Å²) in [5, 5.41) is 3.16. The van der Waals surface area contributed by atoms with Gasteiger partial charge in [-0.05, 0) is 67.7 Å². The Hall–Kier alpha value is -2.86. The molecule has 2 amide bonds. The summed E-state index contributed by atoms with van der Waals surface area (Å²) in [6.07, 6.45) is 5.20. The number of hydrogen-bond acceptors (Lipinski definition) is 4. The van der Waals surface area contributed by atoms with E-state index in [1.807, 2.05) is 41.3 Å². The molecule has 1 atom stereocenters. The molecule has 0 unspecified atom stereocenters. The molecule has 2 aliphatic heterocycles. The fourth-order valence-corrected chi connectivity index (χ4v) is 4.71. The topological polar surface area (TPSA) is 61.9 Å². The normalized spacial score (nSPS) is 17.9. The van der Waals surface area contributed by atoms with Crippen molar-refractivity contribution in [2.24, 2.45) is 0 Å². The van der Waals surface area contributed by atoms with Gasteiger partial charge in [0.05, 0.1) is 13.2 Å². The number of nitrogens with one attached hydrogen (secondary N) is 1. The van der Waals surface area contributed by atoms with Crippen molar-refractivity contribution in [3.8, 4) is 5.75 Å². The van der Waals surface area contributed by atoms with Crippen molar-refractivity contribution in [2.75, 3.05) is 33.3 Å². The zero-order chi connectivity index (χ0) is 22.3. The first-order valence-electron chi connectivity index (χ1n) is 11.7. The summed E-state index contributed by atoms with van der Waals surface area (Å²) in [6.45, 7) is 4.02. The van der Waals surface area contributed by atoms with Crippen molar-refractivity contribution in [1.82, 2.24) is 15.1 Å². The highest BCUT2D eigenvalue weighted by molar-refractivity contribution is 5.94. The number of likely N-dealkylation sites (tertiary alicyclic amines) is 2. The summed E-state index contributed by atoms with van der Waals surface area (Å²) in [6, 6.07) is 15.9. The second-order valence-corrected chi connectivity index (χ2v) is 8.71. The van der Waals surface area contributed by atoms with Crippen LogP contribution in [0, 0.1) is 0 Å². The minimum atomic E-state index is -0.0740. The third-order valence-corrected chi connectivity index (χ3v) is 6.52. The molecule has 0 spiro atoms. The second kappa shape index (κ2) is 10.6. The van der Waals surface area contributed by atoms with Gasteiger partial charge >= 0.3 is 0 Å². The van der Waals surface area contributed by atoms with Crippen LogP contribution in [0.2, 0.25) is 0 Å². The standard InChI is InChI=1S/C26H33N3O3/c1-32-23-12-10-21(11-13-23)24(28-14-3-2-4-15-28)18-27-26(31)22-8-5-7-20(17-22)19-29-16-6-9-25(29)30/h5,7-8,10-13,17,24H,2-4,6,9,14-16,18-19H2,1H3,(H,27,31)/t24-/m0/s1. The largest absolute Gasteiger partial charge is 0.497 e. The van der Waals surface area contributed by atoms with Gasteiger partial charge in [0, 0.05) is 31.6 Å². The average molecular weight is 436 g/mol. The SMILES string of the molecule is COc1ccc([C@H](CNC(=O)c2cccc(CN3CCCC3=O)c2)N2CCCCC2)cc1. The van der Waals surface area contributed by atoms with E-state index in [-0.39, 0.29) is 17.9 Å². The van der Waals surface area contributed by atoms with E-state index in [9.17, 15) is 9.59 Å². The van der Waals surface area contributed by atoms with E-state index >= 15 is 0 Å². The molecule has 6 nitrogen and oxygen atoms in total. The van der Waals surface area contributed by atoms with Gasteiger partial charge < -0.3 is 15.0 Å². The lowest BCUT2D eigenvalue weighted by atomic mass is 10.0. The van der Waals surface area contributed by atoms with Crippen LogP contribution in [0.4, 0.5) is 0 Å². The van der Waals surface area contributed by atoms with Crippen molar-refractivity contribution < 1.29 is 14.3 Å². The molecule has 2 fully saturated rings. The molecule has 32 heavy (non-hydrogen) atoms. The minimum absolute atomic E-state index is 0.0740. The van der Waals surface area contributed by atoms with Crippen LogP contribution in [-0.4, -0.2) is 54.9 Å². The number of nitrogens with zero attached hydrogens (tertiary/aromatic N) is 2. The third-order valence-electron chi connectivity index (χ3n) is 6.52. The van der Waals surface area contributed by atoms with Crippen LogP contribution in [0.15, 0.2) is 48.5 Å². The van der Waals surface area contributed by atoms with Gasteiger partial charge in [-0.3, -0.25) is 14.5 Å². The molecular formula is C26H33N3O3. The lowest BCUT2D eigenvalue weighted by molar-refractivity contribution is -0.128. The molecule has 0 aliphatic carbocycles. The van der Waals surface area contributed by atoms with Gasteiger partial charge in [0.15, 0.2) is 0 Å². The van der Waals surface area contributed by atoms with E-state index in [0.717, 1.165) is 37.4 Å². The second-order valence-electron chi connectivity index (χ2n) is 8.71. The van der Waals surface area contributed by atoms with Crippen LogP contribution in [0.5, 0.6) is 5.75 Å². The highest BCUT2D eigenvalue weighted by atomic mass is 16.5. The van der Waals surface area contributed by atoms with Crippen LogP contribution in [-0.2, 0) is 11.3 Å². The van der Waals surface area contributed by atoms with Crippen molar-refractivity contribution in [1.29, 1.82) is 0 Å². The van der Waals surface area contributed by atoms with Gasteiger partial charge in [-0.1, -0.05) is 30.7 Å². The van der Waals surface area contributed by atoms with Gasteiger partial charge in [0.2, 0.25) is 5.91 Å². The summed E-state index contributed by atoms with van der Waals surface area (Å²) in [5.41, 5.74) is 2.83. The third kappa shape index (κ3) is 5.49. The van der Waals surface area contributed by atoms with E-state index in [4.69, 9.17) is 4.74 Å². The Morgan fingerprint density at radius 2 is 1.81 bits per heavy atom. The summed E-state index contributed by atoms with van der Waals surface area (Å²) in [5.74, 6) is 0.960. The first kappa shape index (κ1) is 22.3. The molecule has 0 bridgehead atoms. The Morgan fingerprint density at radius 3 is 2.50 bits per heavy atom. The molecule has 2 aliphatic rings. The highest BCUT2D eigenvalue weighted by Crippen LogP contribution is 2.26. The molecule has 0 radical (unpaired) electrons. The molecule has 0 aromatic heterocycles. The molecule has 2 heterocycles. The van der Waals surface area contributed by atoms with E-state index in [1.54, 1.807) is 7.11 Å². The van der Waals surface area contributed by atoms with Crippen molar-refractivity contribution in [3.05, 3.63) is 65.2 Å². The van der Waals surface area contributed by atoms with Crippen LogP contribution in [0.25, 0.3) is 0 Å². The molecule has 170 valence electrons. The predicted molar refractivity (Wildman–Crippen MR) is 125 cm³/mol. The average Bonchev–Trinajstić information content (AvgIpc) is 3.24. The number of piperidine rings is 1. The minimum Gasteiger partial charge on any atom is -0.497 e. The molecule has 2 saturated heterocycles. The van der Waals surface area contributed by atoms with Gasteiger partial charge in [0.25, 0.3) is 5.91 Å². The Bertz CT molecular complexity index is 922. The summed E-state index contributed by atoms with van der Waals surface area (Å²) >= 11 is 0. The van der Waals surface area contributed by atoms with Gasteiger partial charge in [-0.2, -0.15) is 0 Å². The van der Waals surface area contributed by atoms with Crippen molar-refractivity contribution in [3.63, 3.8) is 0 Å². The van der Waals surface area contributed by atoms with Crippen LogP contribution >= 0.6 is 0 Å². The number of ether oxygens (including phenoxy) is 1. The lowest BCUT2D eigenvalue weighted by Gasteiger charge is -2.35. The first-order chi connectivity index (χ1) is 15.6. The maximum Gasteiger partial charge on any atom is 0.251 e. The quantitative estimate of drug-likeness (QED) is 0.686. The Labute approximate surface area is 190 Å². The van der Waals surface area contributed by atoms with E-state index < -0.39 is 0 Å². The smallest absolute Gasteiger partial charge is 0.251 e. The molecule has 1 N–H and O–H groups in total. The van der Waals surface area contributed by atoms with Gasteiger partial charge in [-0.25, -0.2) is 0 Å². The number of carbonyl (C=O) groups is 2. The first-order valence-corrected chi connectivity index (χ1v) is 11.7. The maximum absolute atomic E-state index is 13.0. The molecule has 6 heteroatoms. The number of rotatable bonds is 8. The Balaban J connectivity index is 1.43. The van der Waals surface area contributed by atoms with Crippen molar-refractivity contribution >= 4 is 11.8 Å². The number of benzene rings is 2. The number of hydrogen-bond donors (Lipinski definition) is 1. The molecule has 4 rings (SSSR count). The van der Waals surface area contributed by atoms with Gasteiger partial charge in [0.1, 0.15) is 5.75 Å². The van der Waals surface area contributed by atoms with E-state index in [0.29, 0.717) is 25.1 Å². The summed E-state index contributed by atoms with van der Waals surface area (Å²) < 4.78 is 5.31. The monoisotopic (exact) mass is 435 g/mol. The molecular weight excluding hydrogens is 402 g/mol. The Morgan fingerprint density at radius 1 is 1.03 bits per heavy atom. The van der Waals surface area contributed by atoms with E-state index in [2.05, 4.69) is 22.3 Å². The van der Waals surface area contributed by atoms with Crippen LogP contribution in [0.1, 0.15) is 59.6 Å². The summed E-state index contributed by atoms with van der Waals surface area (Å²) in [7, 11) is 1.67. The number of carbonyl (C=O) groups excluding carboxylic acids is 2. The summed E-state index contributed by atoms with van der Waals surface area (Å²) in [4.78, 5) is 29.3. The number of amides is 2. The molecule has 2 aromatic rings. The van der Waals surface area contributed by atoms with Crippen LogP contribution in [0.3, 0.4) is 0 Å². The predicted octanol–water partition coefficient (Wildman–Crippen LogP) is 3.77. The van der Waals surface area contributed by atoms with Crippen LogP contribution < -0.4 is 10.1 Å². The lowest BCUT2D eigenvalue weighted by Crippen LogP contribution is -2.40. The van der Waals surface area contributed by atoms with Crippen molar-refractivity contribution in [2.45, 2.75) is 44.7 Å². The fourth-order valence-electron chi connectivity index (χ4n) is 4.71. The highest BCUT2D eigenvalue weighted by Gasteiger charge is 2.24. The molecule has 2 aromatic carbocycles. The molecule has 0 saturated carbocycles. The fraction of sp³-hybridized carbons (Fsp3) is 0.462. The zero-order valence-corrected chi connectivity index (χ0v) is 18.9. The Kier molecular flexibility index (Phi) is 7.43. The number of methoxy groups -OCH3 is 1. The van der Waals surface area contributed by atoms with Gasteiger partial charge in [-0.15, -0.1) is 0 Å². The maximum atomic E-state index is 13.0.